The summed E-state index contributed by atoms with van der Waals surface area (Å²) >= 11 is 7.64. The number of thioether (sulfide) groups is 1. The summed E-state index contributed by atoms with van der Waals surface area (Å²) in [5.74, 6) is 0.864. The highest BCUT2D eigenvalue weighted by molar-refractivity contribution is 7.99. The molecule has 2 N–H and O–H groups in total. The van der Waals surface area contributed by atoms with E-state index in [2.05, 4.69) is 24.3 Å². The molecule has 20 heavy (non-hydrogen) atoms. The molecule has 4 heteroatoms. The first-order valence-corrected chi connectivity index (χ1v) is 7.97. The van der Waals surface area contributed by atoms with E-state index in [1.54, 1.807) is 17.8 Å². The monoisotopic (exact) mass is 305 g/mol. The Kier molecular flexibility index (Phi) is 4.20. The van der Waals surface area contributed by atoms with E-state index in [9.17, 15) is 0 Å². The molecule has 0 saturated heterocycles. The van der Waals surface area contributed by atoms with Gasteiger partial charge in [-0.2, -0.15) is 0 Å². The molecular formula is C16H16ClNOS. The molecule has 3 rings (SSSR count). The van der Waals surface area contributed by atoms with E-state index < -0.39 is 0 Å². The van der Waals surface area contributed by atoms with Crippen molar-refractivity contribution >= 4 is 29.1 Å². The lowest BCUT2D eigenvalue weighted by Crippen LogP contribution is -2.17. The zero-order chi connectivity index (χ0) is 13.9. The number of anilines is 1. The van der Waals surface area contributed by atoms with Gasteiger partial charge in [-0.15, -0.1) is 11.8 Å². The lowest BCUT2D eigenvalue weighted by Gasteiger charge is -2.25. The van der Waals surface area contributed by atoms with E-state index in [4.69, 9.17) is 22.1 Å². The Morgan fingerprint density at radius 1 is 1.25 bits per heavy atom. The van der Waals surface area contributed by atoms with Crippen LogP contribution in [0.1, 0.15) is 17.2 Å². The molecule has 1 heterocycles. The quantitative estimate of drug-likeness (QED) is 0.677. The van der Waals surface area contributed by atoms with Crippen molar-refractivity contribution in [3.8, 4) is 0 Å². The molecule has 104 valence electrons. The van der Waals surface area contributed by atoms with Crippen LogP contribution in [0.5, 0.6) is 0 Å². The smallest absolute Gasteiger partial charge is 0.0921 e. The minimum atomic E-state index is 0.139. The molecule has 1 aliphatic heterocycles. The summed E-state index contributed by atoms with van der Waals surface area (Å²) in [7, 11) is 0. The molecule has 2 aromatic rings. The fourth-order valence-corrected chi connectivity index (χ4v) is 3.61. The van der Waals surface area contributed by atoms with Gasteiger partial charge in [0.15, 0.2) is 0 Å². The summed E-state index contributed by atoms with van der Waals surface area (Å²) in [6.45, 7) is 0.790. The van der Waals surface area contributed by atoms with Crippen LogP contribution in [-0.2, 0) is 11.2 Å². The lowest BCUT2D eigenvalue weighted by molar-refractivity contribution is 0.0588. The fraction of sp³-hybridized carbons (Fsp3) is 0.250. The van der Waals surface area contributed by atoms with Crippen LogP contribution in [0.15, 0.2) is 47.4 Å². The maximum absolute atomic E-state index is 5.99. The molecule has 2 nitrogen and oxygen atoms in total. The summed E-state index contributed by atoms with van der Waals surface area (Å²) in [6, 6.07) is 14.1. The summed E-state index contributed by atoms with van der Waals surface area (Å²) < 4.78 is 5.90. The number of benzene rings is 2. The number of nitrogens with two attached hydrogens (primary N) is 1. The fourth-order valence-electron chi connectivity index (χ4n) is 2.43. The SMILES string of the molecule is Nc1cc(Cl)ccc1SCC1OCCc2ccccc21. The van der Waals surface area contributed by atoms with Gasteiger partial charge in [0, 0.05) is 21.4 Å². The number of hydrogen-bond donors (Lipinski definition) is 1. The third-order valence-electron chi connectivity index (χ3n) is 3.45. The van der Waals surface area contributed by atoms with Crippen molar-refractivity contribution in [2.45, 2.75) is 17.4 Å². The van der Waals surface area contributed by atoms with E-state index >= 15 is 0 Å². The normalized spacial score (nSPS) is 17.8. The van der Waals surface area contributed by atoms with Crippen LogP contribution in [0, 0.1) is 0 Å². The average Bonchev–Trinajstić information content (AvgIpc) is 2.46. The van der Waals surface area contributed by atoms with Gasteiger partial charge in [-0.3, -0.25) is 0 Å². The third kappa shape index (κ3) is 2.95. The number of hydrogen-bond acceptors (Lipinski definition) is 3. The van der Waals surface area contributed by atoms with E-state index in [1.807, 2.05) is 12.1 Å². The van der Waals surface area contributed by atoms with Gasteiger partial charge in [0.25, 0.3) is 0 Å². The molecule has 0 saturated carbocycles. The molecule has 1 atom stereocenters. The van der Waals surface area contributed by atoms with Crippen LogP contribution < -0.4 is 5.73 Å². The zero-order valence-electron chi connectivity index (χ0n) is 11.0. The first kappa shape index (κ1) is 13.8. The van der Waals surface area contributed by atoms with Gasteiger partial charge in [-0.05, 0) is 35.7 Å². The average molecular weight is 306 g/mol. The Hall–Kier alpha value is -1.16. The van der Waals surface area contributed by atoms with Crippen LogP contribution in [-0.4, -0.2) is 12.4 Å². The van der Waals surface area contributed by atoms with Gasteiger partial charge >= 0.3 is 0 Å². The van der Waals surface area contributed by atoms with Crippen molar-refractivity contribution < 1.29 is 4.74 Å². The van der Waals surface area contributed by atoms with E-state index in [0.29, 0.717) is 5.02 Å². The summed E-state index contributed by atoms with van der Waals surface area (Å²) in [6.07, 6.45) is 1.14. The molecule has 1 unspecified atom stereocenters. The second-order valence-electron chi connectivity index (χ2n) is 4.80. The van der Waals surface area contributed by atoms with Gasteiger partial charge in [0.2, 0.25) is 0 Å². The Morgan fingerprint density at radius 2 is 2.10 bits per heavy atom. The van der Waals surface area contributed by atoms with Gasteiger partial charge in [-0.25, -0.2) is 0 Å². The molecule has 2 aromatic carbocycles. The maximum Gasteiger partial charge on any atom is 0.0921 e. The van der Waals surface area contributed by atoms with Crippen LogP contribution in [0.4, 0.5) is 5.69 Å². The standard InChI is InChI=1S/C16H16ClNOS/c17-12-5-6-16(14(18)9-12)20-10-15-13-4-2-1-3-11(13)7-8-19-15/h1-6,9,15H,7-8,10,18H2. The number of nitrogen functional groups attached to an aromatic ring is 1. The lowest BCUT2D eigenvalue weighted by atomic mass is 9.99. The Bertz CT molecular complexity index is 617. The molecule has 0 aromatic heterocycles. The molecule has 0 fully saturated rings. The Labute approximate surface area is 128 Å². The highest BCUT2D eigenvalue weighted by atomic mass is 35.5. The number of halogens is 1. The summed E-state index contributed by atoms with van der Waals surface area (Å²) in [5.41, 5.74) is 9.41. The Morgan fingerprint density at radius 3 is 2.95 bits per heavy atom. The van der Waals surface area contributed by atoms with Gasteiger partial charge in [0.05, 0.1) is 12.7 Å². The second kappa shape index (κ2) is 6.08. The first-order valence-electron chi connectivity index (χ1n) is 6.61. The van der Waals surface area contributed by atoms with Crippen molar-refractivity contribution in [2.75, 3.05) is 18.1 Å². The van der Waals surface area contributed by atoms with Gasteiger partial charge in [-0.1, -0.05) is 35.9 Å². The highest BCUT2D eigenvalue weighted by Crippen LogP contribution is 2.34. The van der Waals surface area contributed by atoms with E-state index in [1.165, 1.54) is 11.1 Å². The zero-order valence-corrected chi connectivity index (χ0v) is 12.6. The van der Waals surface area contributed by atoms with Crippen molar-refractivity contribution in [2.24, 2.45) is 0 Å². The van der Waals surface area contributed by atoms with Crippen molar-refractivity contribution in [1.82, 2.24) is 0 Å². The summed E-state index contributed by atoms with van der Waals surface area (Å²) in [4.78, 5) is 1.06. The van der Waals surface area contributed by atoms with Crippen LogP contribution >= 0.6 is 23.4 Å². The minimum Gasteiger partial charge on any atom is -0.398 e. The van der Waals surface area contributed by atoms with Crippen LogP contribution in [0.3, 0.4) is 0 Å². The predicted molar refractivity (Wildman–Crippen MR) is 85.4 cm³/mol. The van der Waals surface area contributed by atoms with Crippen molar-refractivity contribution in [3.05, 3.63) is 58.6 Å². The van der Waals surface area contributed by atoms with Crippen LogP contribution in [0.2, 0.25) is 5.02 Å². The Balaban J connectivity index is 1.73. The molecular weight excluding hydrogens is 290 g/mol. The van der Waals surface area contributed by atoms with Crippen LogP contribution in [0.25, 0.3) is 0 Å². The molecule has 0 radical (unpaired) electrons. The first-order chi connectivity index (χ1) is 9.74. The van der Waals surface area contributed by atoms with Crippen molar-refractivity contribution in [3.63, 3.8) is 0 Å². The minimum absolute atomic E-state index is 0.139. The number of ether oxygens (including phenoxy) is 1. The van der Waals surface area contributed by atoms with E-state index in [0.717, 1.165) is 29.4 Å². The topological polar surface area (TPSA) is 35.2 Å². The van der Waals surface area contributed by atoms with Gasteiger partial charge < -0.3 is 10.5 Å². The number of rotatable bonds is 3. The predicted octanol–water partition coefficient (Wildman–Crippen LogP) is 4.33. The largest absolute Gasteiger partial charge is 0.398 e. The molecule has 0 aliphatic carbocycles. The number of fused-ring (bicyclic) bond motifs is 1. The molecule has 0 spiro atoms. The highest BCUT2D eigenvalue weighted by Gasteiger charge is 2.20. The van der Waals surface area contributed by atoms with Gasteiger partial charge in [0.1, 0.15) is 0 Å². The summed E-state index contributed by atoms with van der Waals surface area (Å²) in [5, 5.41) is 0.672. The second-order valence-corrected chi connectivity index (χ2v) is 6.30. The third-order valence-corrected chi connectivity index (χ3v) is 4.84. The maximum atomic E-state index is 5.99. The molecule has 0 amide bonds. The molecule has 1 aliphatic rings. The molecule has 0 bridgehead atoms. The van der Waals surface area contributed by atoms with E-state index in [-0.39, 0.29) is 6.10 Å². The van der Waals surface area contributed by atoms with Crippen molar-refractivity contribution in [1.29, 1.82) is 0 Å².